The minimum Gasteiger partial charge on any atom is -0.424 e. The average Bonchev–Trinajstić information content (AvgIpc) is 3.06. The Morgan fingerprint density at radius 1 is 1.50 bits per heavy atom. The zero-order valence-corrected chi connectivity index (χ0v) is 10.5. The summed E-state index contributed by atoms with van der Waals surface area (Å²) in [5.74, 6) is 1.91. The number of aryl methyl sites for hydroxylation is 1. The van der Waals surface area contributed by atoms with Crippen molar-refractivity contribution in [1.82, 2.24) is 19.7 Å². The molecule has 0 amide bonds. The van der Waals surface area contributed by atoms with Gasteiger partial charge in [-0.25, -0.2) is 4.98 Å². The van der Waals surface area contributed by atoms with Gasteiger partial charge in [0.2, 0.25) is 11.8 Å². The van der Waals surface area contributed by atoms with E-state index in [9.17, 15) is 4.79 Å². The molecular formula is C11H11ClN4O2. The lowest BCUT2D eigenvalue weighted by Crippen LogP contribution is -2.24. The minimum absolute atomic E-state index is 0.187. The van der Waals surface area contributed by atoms with Crippen molar-refractivity contribution in [2.24, 2.45) is 0 Å². The summed E-state index contributed by atoms with van der Waals surface area (Å²) in [5, 5.41) is 7.87. The Bertz CT molecular complexity index is 645. The van der Waals surface area contributed by atoms with Gasteiger partial charge in [-0.1, -0.05) is 11.6 Å². The zero-order valence-electron chi connectivity index (χ0n) is 9.76. The Labute approximate surface area is 108 Å². The molecule has 0 unspecified atom stereocenters. The van der Waals surface area contributed by atoms with Crippen LogP contribution in [0.15, 0.2) is 15.3 Å². The highest BCUT2D eigenvalue weighted by Gasteiger charge is 2.29. The van der Waals surface area contributed by atoms with E-state index in [1.54, 1.807) is 11.5 Å². The van der Waals surface area contributed by atoms with Gasteiger partial charge in [0.15, 0.2) is 0 Å². The van der Waals surface area contributed by atoms with E-state index in [1.807, 2.05) is 0 Å². The largest absolute Gasteiger partial charge is 0.424 e. The first-order chi connectivity index (χ1) is 8.63. The molecule has 2 aromatic rings. The maximum atomic E-state index is 12.0. The fourth-order valence-corrected chi connectivity index (χ4v) is 2.02. The van der Waals surface area contributed by atoms with Gasteiger partial charge >= 0.3 is 0 Å². The van der Waals surface area contributed by atoms with E-state index in [1.165, 1.54) is 6.07 Å². The molecule has 0 aromatic carbocycles. The van der Waals surface area contributed by atoms with Crippen molar-refractivity contribution in [3.8, 4) is 0 Å². The SMILES string of the molecule is Cc1nnc(Cn2c(C3CC3)nc(Cl)cc2=O)o1. The summed E-state index contributed by atoms with van der Waals surface area (Å²) in [6, 6.07) is 1.30. The van der Waals surface area contributed by atoms with E-state index in [2.05, 4.69) is 15.2 Å². The number of rotatable bonds is 3. The van der Waals surface area contributed by atoms with Crippen LogP contribution in [0.2, 0.25) is 5.15 Å². The molecule has 1 saturated carbocycles. The van der Waals surface area contributed by atoms with Gasteiger partial charge < -0.3 is 4.42 Å². The van der Waals surface area contributed by atoms with Gasteiger partial charge in [0.1, 0.15) is 17.5 Å². The van der Waals surface area contributed by atoms with Crippen LogP contribution in [0.4, 0.5) is 0 Å². The third-order valence-electron chi connectivity index (χ3n) is 2.81. The number of hydrogen-bond acceptors (Lipinski definition) is 5. The van der Waals surface area contributed by atoms with Crippen molar-refractivity contribution in [2.45, 2.75) is 32.2 Å². The molecule has 1 aliphatic carbocycles. The first-order valence-corrected chi connectivity index (χ1v) is 6.07. The van der Waals surface area contributed by atoms with Crippen molar-refractivity contribution in [2.75, 3.05) is 0 Å². The highest BCUT2D eigenvalue weighted by atomic mass is 35.5. The molecule has 1 fully saturated rings. The van der Waals surface area contributed by atoms with Crippen LogP contribution in [0.1, 0.15) is 36.4 Å². The van der Waals surface area contributed by atoms with Gasteiger partial charge in [-0.3, -0.25) is 9.36 Å². The maximum absolute atomic E-state index is 12.0. The highest BCUT2D eigenvalue weighted by Crippen LogP contribution is 2.38. The molecule has 3 rings (SSSR count). The van der Waals surface area contributed by atoms with Gasteiger partial charge in [0.25, 0.3) is 5.56 Å². The minimum atomic E-state index is -0.187. The third-order valence-corrected chi connectivity index (χ3v) is 3.00. The van der Waals surface area contributed by atoms with Crippen molar-refractivity contribution < 1.29 is 4.42 Å². The number of hydrogen-bond donors (Lipinski definition) is 0. The maximum Gasteiger partial charge on any atom is 0.255 e. The molecule has 1 aliphatic rings. The predicted octanol–water partition coefficient (Wildman–Crippen LogP) is 1.51. The molecule has 7 heteroatoms. The van der Waals surface area contributed by atoms with Gasteiger partial charge in [0.05, 0.1) is 0 Å². The van der Waals surface area contributed by atoms with E-state index in [0.717, 1.165) is 12.8 Å². The van der Waals surface area contributed by atoms with E-state index in [0.29, 0.717) is 23.5 Å². The van der Waals surface area contributed by atoms with Crippen LogP contribution in [-0.4, -0.2) is 19.7 Å². The molecule has 0 radical (unpaired) electrons. The lowest BCUT2D eigenvalue weighted by Gasteiger charge is -2.09. The van der Waals surface area contributed by atoms with Crippen LogP contribution in [0.25, 0.3) is 0 Å². The molecular weight excluding hydrogens is 256 g/mol. The summed E-state index contributed by atoms with van der Waals surface area (Å²) in [6.45, 7) is 1.96. The number of aromatic nitrogens is 4. The van der Waals surface area contributed by atoms with Gasteiger partial charge in [-0.05, 0) is 12.8 Å². The fourth-order valence-electron chi connectivity index (χ4n) is 1.84. The van der Waals surface area contributed by atoms with E-state index < -0.39 is 0 Å². The molecule has 2 heterocycles. The molecule has 0 aliphatic heterocycles. The van der Waals surface area contributed by atoms with Gasteiger partial charge in [0, 0.05) is 18.9 Å². The molecule has 18 heavy (non-hydrogen) atoms. The van der Waals surface area contributed by atoms with Gasteiger partial charge in [-0.15, -0.1) is 10.2 Å². The Morgan fingerprint density at radius 2 is 2.28 bits per heavy atom. The fraction of sp³-hybridized carbons (Fsp3) is 0.455. The first kappa shape index (κ1) is 11.4. The molecule has 6 nitrogen and oxygen atoms in total. The molecule has 2 aromatic heterocycles. The monoisotopic (exact) mass is 266 g/mol. The zero-order chi connectivity index (χ0) is 12.7. The van der Waals surface area contributed by atoms with E-state index in [4.69, 9.17) is 16.0 Å². The van der Waals surface area contributed by atoms with Crippen molar-refractivity contribution >= 4 is 11.6 Å². The summed E-state index contributed by atoms with van der Waals surface area (Å²) < 4.78 is 6.84. The van der Waals surface area contributed by atoms with Crippen molar-refractivity contribution in [3.63, 3.8) is 0 Å². The van der Waals surface area contributed by atoms with Crippen LogP contribution >= 0.6 is 11.6 Å². The second kappa shape index (κ2) is 4.20. The summed E-state index contributed by atoms with van der Waals surface area (Å²) >= 11 is 5.83. The molecule has 0 spiro atoms. The topological polar surface area (TPSA) is 73.8 Å². The third kappa shape index (κ3) is 2.15. The van der Waals surface area contributed by atoms with Crippen molar-refractivity contribution in [1.29, 1.82) is 0 Å². The van der Waals surface area contributed by atoms with Crippen LogP contribution in [0.5, 0.6) is 0 Å². The van der Waals surface area contributed by atoms with Crippen LogP contribution in [0.3, 0.4) is 0 Å². The Morgan fingerprint density at radius 3 is 2.89 bits per heavy atom. The lowest BCUT2D eigenvalue weighted by atomic mass is 10.3. The predicted molar refractivity (Wildman–Crippen MR) is 63.6 cm³/mol. The second-order valence-corrected chi connectivity index (χ2v) is 4.74. The van der Waals surface area contributed by atoms with E-state index >= 15 is 0 Å². The number of halogens is 1. The first-order valence-electron chi connectivity index (χ1n) is 5.70. The van der Waals surface area contributed by atoms with Gasteiger partial charge in [-0.2, -0.15) is 0 Å². The molecule has 0 bridgehead atoms. The van der Waals surface area contributed by atoms with Crippen LogP contribution in [-0.2, 0) is 6.54 Å². The van der Waals surface area contributed by atoms with Crippen LogP contribution in [0, 0.1) is 6.92 Å². The standard InChI is InChI=1S/C11H11ClN4O2/c1-6-14-15-9(18-6)5-16-10(17)4-8(12)13-11(16)7-2-3-7/h4,7H,2-3,5H2,1H3. The Hall–Kier alpha value is -1.69. The molecule has 0 N–H and O–H groups in total. The summed E-state index contributed by atoms with van der Waals surface area (Å²) in [6.07, 6.45) is 2.07. The summed E-state index contributed by atoms with van der Waals surface area (Å²) in [7, 11) is 0. The lowest BCUT2D eigenvalue weighted by molar-refractivity contribution is 0.445. The summed E-state index contributed by atoms with van der Waals surface area (Å²) in [5.41, 5.74) is -0.187. The smallest absolute Gasteiger partial charge is 0.255 e. The quantitative estimate of drug-likeness (QED) is 0.788. The highest BCUT2D eigenvalue weighted by molar-refractivity contribution is 6.29. The normalized spacial score (nSPS) is 15.0. The molecule has 94 valence electrons. The Balaban J connectivity index is 2.02. The number of nitrogens with zero attached hydrogens (tertiary/aromatic N) is 4. The summed E-state index contributed by atoms with van der Waals surface area (Å²) in [4.78, 5) is 16.2. The van der Waals surface area contributed by atoms with E-state index in [-0.39, 0.29) is 17.3 Å². The van der Waals surface area contributed by atoms with Crippen LogP contribution < -0.4 is 5.56 Å². The average molecular weight is 267 g/mol. The molecule has 0 atom stereocenters. The molecule has 0 saturated heterocycles. The Kier molecular flexibility index (Phi) is 2.66. The van der Waals surface area contributed by atoms with Crippen molar-refractivity contribution in [3.05, 3.63) is 39.2 Å². The second-order valence-electron chi connectivity index (χ2n) is 4.35.